The van der Waals surface area contributed by atoms with Crippen LogP contribution in [0, 0.1) is 0 Å². The lowest BCUT2D eigenvalue weighted by Gasteiger charge is -1.94. The normalized spacial score (nSPS) is 16.8. The van der Waals surface area contributed by atoms with E-state index in [2.05, 4.69) is 46.7 Å². The fourth-order valence-corrected chi connectivity index (χ4v) is 2.25. The number of aromatic nitrogens is 4. The Hall–Kier alpha value is -2.10. The molecule has 4 heteroatoms. The average Bonchev–Trinajstić information content (AvgIpc) is 2.85. The zero-order chi connectivity index (χ0) is 10.5. The number of hydrogen-bond acceptors (Lipinski definition) is 2. The maximum atomic E-state index is 4.60. The SMILES string of the molecule is C1=CCc2nn3c4c(nn-3c2=C1)CC=CC=4. The van der Waals surface area contributed by atoms with Gasteiger partial charge < -0.3 is 0 Å². The minimum absolute atomic E-state index is 0.896. The van der Waals surface area contributed by atoms with Crippen molar-refractivity contribution in [1.82, 2.24) is 19.8 Å². The van der Waals surface area contributed by atoms with Crippen molar-refractivity contribution in [3.63, 3.8) is 0 Å². The second kappa shape index (κ2) is 2.72. The lowest BCUT2D eigenvalue weighted by molar-refractivity contribution is 0.526. The van der Waals surface area contributed by atoms with Crippen molar-refractivity contribution in [3.05, 3.63) is 46.4 Å². The van der Waals surface area contributed by atoms with E-state index in [1.54, 1.807) is 0 Å². The third kappa shape index (κ3) is 0.888. The third-order valence-electron chi connectivity index (χ3n) is 3.04. The van der Waals surface area contributed by atoms with Gasteiger partial charge in [-0.25, -0.2) is 0 Å². The van der Waals surface area contributed by atoms with Crippen LogP contribution in [0.15, 0.2) is 24.3 Å². The highest BCUT2D eigenvalue weighted by Crippen LogP contribution is 2.02. The monoisotopic (exact) mass is 210 g/mol. The molecule has 0 amide bonds. The van der Waals surface area contributed by atoms with Gasteiger partial charge in [0.2, 0.25) is 0 Å². The van der Waals surface area contributed by atoms with Crippen LogP contribution in [-0.4, -0.2) is 19.8 Å². The number of nitrogens with zero attached hydrogens (tertiary/aromatic N) is 4. The van der Waals surface area contributed by atoms with Crippen LogP contribution in [0.3, 0.4) is 0 Å². The van der Waals surface area contributed by atoms with E-state index in [4.69, 9.17) is 0 Å². The van der Waals surface area contributed by atoms with E-state index >= 15 is 0 Å². The van der Waals surface area contributed by atoms with Crippen molar-refractivity contribution < 1.29 is 0 Å². The molecule has 0 bridgehead atoms. The lowest BCUT2D eigenvalue weighted by Crippen LogP contribution is -2.27. The zero-order valence-corrected chi connectivity index (χ0v) is 8.67. The summed E-state index contributed by atoms with van der Waals surface area (Å²) < 4.78 is 0. The largest absolute Gasteiger partial charge is 0.152 e. The van der Waals surface area contributed by atoms with Gasteiger partial charge in [0.15, 0.2) is 0 Å². The first kappa shape index (κ1) is 8.10. The van der Waals surface area contributed by atoms with Gasteiger partial charge in [0.25, 0.3) is 0 Å². The molecule has 78 valence electrons. The summed E-state index contributed by atoms with van der Waals surface area (Å²) in [5.74, 6) is 0. The highest BCUT2D eigenvalue weighted by atomic mass is 15.7. The maximum absolute atomic E-state index is 4.60. The molecule has 4 rings (SSSR count). The number of allylic oxidation sites excluding steroid dienone is 4. The van der Waals surface area contributed by atoms with Crippen LogP contribution in [0.1, 0.15) is 11.4 Å². The molecular formula is C12H10N4. The first-order valence-electron chi connectivity index (χ1n) is 5.43. The molecular weight excluding hydrogens is 200 g/mol. The van der Waals surface area contributed by atoms with Crippen LogP contribution < -0.4 is 10.7 Å². The minimum atomic E-state index is 0.896. The van der Waals surface area contributed by atoms with Crippen molar-refractivity contribution >= 4 is 12.2 Å². The van der Waals surface area contributed by atoms with Gasteiger partial charge in [-0.05, 0) is 12.2 Å². The molecule has 0 N–H and O–H groups in total. The molecule has 2 aliphatic carbocycles. The summed E-state index contributed by atoms with van der Waals surface area (Å²) in [5.41, 5.74) is 2.20. The summed E-state index contributed by atoms with van der Waals surface area (Å²) in [7, 11) is 0. The fourth-order valence-electron chi connectivity index (χ4n) is 2.25. The van der Waals surface area contributed by atoms with Crippen molar-refractivity contribution in [1.29, 1.82) is 0 Å². The van der Waals surface area contributed by atoms with Gasteiger partial charge in [0, 0.05) is 12.8 Å². The topological polar surface area (TPSA) is 35.6 Å². The van der Waals surface area contributed by atoms with Crippen molar-refractivity contribution in [2.24, 2.45) is 0 Å². The van der Waals surface area contributed by atoms with E-state index in [9.17, 15) is 0 Å². The van der Waals surface area contributed by atoms with Gasteiger partial charge in [-0.1, -0.05) is 24.3 Å². The van der Waals surface area contributed by atoms with E-state index in [0.29, 0.717) is 0 Å². The average molecular weight is 210 g/mol. The molecule has 0 saturated carbocycles. The van der Waals surface area contributed by atoms with Crippen molar-refractivity contribution in [2.75, 3.05) is 0 Å². The molecule has 0 spiro atoms. The molecule has 4 aliphatic rings. The summed E-state index contributed by atoms with van der Waals surface area (Å²) in [4.78, 5) is 3.79. The quantitative estimate of drug-likeness (QED) is 0.594. The van der Waals surface area contributed by atoms with E-state index < -0.39 is 0 Å². The Labute approximate surface area is 91.8 Å². The molecule has 0 radical (unpaired) electrons. The van der Waals surface area contributed by atoms with Gasteiger partial charge >= 0.3 is 0 Å². The van der Waals surface area contributed by atoms with Crippen molar-refractivity contribution in [3.8, 4) is 0 Å². The maximum Gasteiger partial charge on any atom is 0.109 e. The number of hydrogen-bond donors (Lipinski definition) is 0. The van der Waals surface area contributed by atoms with Crippen LogP contribution in [0.2, 0.25) is 0 Å². The van der Waals surface area contributed by atoms with Crippen molar-refractivity contribution in [2.45, 2.75) is 12.8 Å². The van der Waals surface area contributed by atoms with Crippen LogP contribution >= 0.6 is 0 Å². The Bertz CT molecular complexity index is 648. The highest BCUT2D eigenvalue weighted by Gasteiger charge is 2.17. The van der Waals surface area contributed by atoms with E-state index in [-0.39, 0.29) is 0 Å². The van der Waals surface area contributed by atoms with Gasteiger partial charge in [0.05, 0.1) is 11.4 Å². The molecule has 0 atom stereocenters. The standard InChI is InChI=1S/C12H10N4/c1-3-7-11-9(5-1)13-16-12-8-4-2-6-10(12)14-15(11)16/h1-4,7-8H,5-6H2. The Morgan fingerprint density at radius 3 is 1.81 bits per heavy atom. The van der Waals surface area contributed by atoms with Crippen LogP contribution in [-0.2, 0) is 12.8 Å². The Kier molecular flexibility index (Phi) is 1.38. The second-order valence-corrected chi connectivity index (χ2v) is 4.04. The summed E-state index contributed by atoms with van der Waals surface area (Å²) >= 11 is 0. The minimum Gasteiger partial charge on any atom is -0.152 e. The molecule has 0 aromatic carbocycles. The summed E-state index contributed by atoms with van der Waals surface area (Å²) in [5, 5.41) is 11.4. The smallest absolute Gasteiger partial charge is 0.109 e. The first-order chi connectivity index (χ1) is 7.93. The molecule has 2 heterocycles. The number of rotatable bonds is 0. The predicted molar refractivity (Wildman–Crippen MR) is 60.3 cm³/mol. The fraction of sp³-hybridized carbons (Fsp3) is 0.167. The van der Waals surface area contributed by atoms with Crippen LogP contribution in [0.4, 0.5) is 0 Å². The molecule has 0 saturated heterocycles. The van der Waals surface area contributed by atoms with E-state index in [1.807, 2.05) is 9.58 Å². The predicted octanol–water partition coefficient (Wildman–Crippen LogP) is -0.386. The molecule has 0 aromatic rings. The lowest BCUT2D eigenvalue weighted by atomic mass is 10.2. The zero-order valence-electron chi connectivity index (χ0n) is 8.67. The van der Waals surface area contributed by atoms with Crippen LogP contribution in [0.5, 0.6) is 0 Å². The van der Waals surface area contributed by atoms with E-state index in [1.165, 1.54) is 0 Å². The highest BCUT2D eigenvalue weighted by molar-refractivity contribution is 5.42. The summed E-state index contributed by atoms with van der Waals surface area (Å²) in [6.07, 6.45) is 14.3. The second-order valence-electron chi connectivity index (χ2n) is 4.04. The van der Waals surface area contributed by atoms with E-state index in [0.717, 1.165) is 34.9 Å². The third-order valence-corrected chi connectivity index (χ3v) is 3.04. The Morgan fingerprint density at radius 2 is 1.31 bits per heavy atom. The molecule has 0 fully saturated rings. The Morgan fingerprint density at radius 1 is 0.812 bits per heavy atom. The molecule has 0 aromatic heterocycles. The first-order valence-corrected chi connectivity index (χ1v) is 5.43. The Balaban J connectivity index is 2.16. The molecule has 4 nitrogen and oxygen atoms in total. The summed E-state index contributed by atoms with van der Waals surface area (Å²) in [6, 6.07) is 0. The molecule has 16 heavy (non-hydrogen) atoms. The number of fused-ring (bicyclic) bond motifs is 5. The summed E-state index contributed by atoms with van der Waals surface area (Å²) in [6.45, 7) is 0. The van der Waals surface area contributed by atoms with Gasteiger partial charge in [-0.15, -0.1) is 9.58 Å². The van der Waals surface area contributed by atoms with Gasteiger partial charge in [0.1, 0.15) is 10.7 Å². The van der Waals surface area contributed by atoms with Crippen LogP contribution in [0.25, 0.3) is 12.2 Å². The molecule has 2 aliphatic heterocycles. The molecule has 0 unspecified atom stereocenters. The van der Waals surface area contributed by atoms with Gasteiger partial charge in [-0.3, -0.25) is 0 Å². The van der Waals surface area contributed by atoms with Gasteiger partial charge in [-0.2, -0.15) is 10.2 Å².